The average molecular weight is 460 g/mol. The molecule has 1 aliphatic heterocycles. The van der Waals surface area contributed by atoms with Crippen molar-refractivity contribution >= 4 is 10.0 Å². The number of piperidine rings is 1. The predicted molar refractivity (Wildman–Crippen MR) is 129 cm³/mol. The second-order valence-electron chi connectivity index (χ2n) is 8.73. The minimum absolute atomic E-state index is 0.00118. The fourth-order valence-electron chi connectivity index (χ4n) is 4.67. The molecule has 6 nitrogen and oxygen atoms in total. The van der Waals surface area contributed by atoms with Crippen molar-refractivity contribution in [2.24, 2.45) is 11.8 Å². The summed E-state index contributed by atoms with van der Waals surface area (Å²) in [5.41, 5.74) is 2.12. The number of sulfonamides is 1. The number of rotatable bonds is 9. The van der Waals surface area contributed by atoms with Crippen molar-refractivity contribution in [1.82, 2.24) is 9.31 Å². The van der Waals surface area contributed by atoms with Gasteiger partial charge < -0.3 is 4.74 Å². The topological polar surface area (TPSA) is 75.9 Å². The van der Waals surface area contributed by atoms with Gasteiger partial charge in [0.2, 0.25) is 10.0 Å². The van der Waals surface area contributed by atoms with E-state index in [0.717, 1.165) is 30.7 Å². The van der Waals surface area contributed by atoms with Gasteiger partial charge in [0.25, 0.3) is 0 Å². The van der Waals surface area contributed by atoms with Crippen LogP contribution in [0.4, 0.5) is 0 Å². The Kier molecular flexibility index (Phi) is 8.33. The molecule has 1 fully saturated rings. The van der Waals surface area contributed by atoms with Gasteiger partial charge in [-0.25, -0.2) is 13.4 Å². The molecule has 1 heterocycles. The fourth-order valence-corrected chi connectivity index (χ4v) is 6.18. The Morgan fingerprint density at radius 3 is 2.44 bits per heavy atom. The van der Waals surface area contributed by atoms with E-state index in [0.29, 0.717) is 24.4 Å². The molecule has 2 aromatic carbocycles. The smallest absolute Gasteiger partial charge is 0.243 e. The predicted octanol–water partition coefficient (Wildman–Crippen LogP) is 4.37. The lowest BCUT2D eigenvalue weighted by Crippen LogP contribution is -2.44. The fraction of sp³-hybridized carbons (Fsp3) is 0.520. The maximum atomic E-state index is 13.2. The molecule has 32 heavy (non-hydrogen) atoms. The minimum Gasteiger partial charge on any atom is -0.491 e. The third-order valence-corrected chi connectivity index (χ3v) is 8.20. The first-order valence-corrected chi connectivity index (χ1v) is 13.1. The van der Waals surface area contributed by atoms with Crippen LogP contribution in [0.3, 0.4) is 0 Å². The van der Waals surface area contributed by atoms with Gasteiger partial charge in [-0.15, -0.1) is 0 Å². The minimum atomic E-state index is -3.54. The van der Waals surface area contributed by atoms with Crippen LogP contribution in [-0.2, 0) is 16.4 Å². The van der Waals surface area contributed by atoms with E-state index in [9.17, 15) is 8.42 Å². The molecule has 0 amide bonds. The quantitative estimate of drug-likeness (QED) is 0.564. The lowest BCUT2D eigenvalue weighted by Gasteiger charge is -2.39. The van der Waals surface area contributed by atoms with Gasteiger partial charge in [-0.05, 0) is 68.4 Å². The van der Waals surface area contributed by atoms with E-state index >= 15 is 0 Å². The zero-order valence-corrected chi connectivity index (χ0v) is 20.5. The van der Waals surface area contributed by atoms with Crippen LogP contribution in [0.1, 0.15) is 57.7 Å². The Labute approximate surface area is 193 Å². The van der Waals surface area contributed by atoms with Gasteiger partial charge in [-0.1, -0.05) is 44.2 Å². The van der Waals surface area contributed by atoms with Gasteiger partial charge in [-0.3, -0.25) is 5.84 Å². The zero-order valence-electron chi connectivity index (χ0n) is 19.7. The molecule has 0 aliphatic carbocycles. The van der Waals surface area contributed by atoms with Gasteiger partial charge in [0.15, 0.2) is 0 Å². The van der Waals surface area contributed by atoms with Crippen LogP contribution >= 0.6 is 0 Å². The van der Waals surface area contributed by atoms with E-state index in [1.54, 1.807) is 6.07 Å². The first kappa shape index (κ1) is 24.7. The second kappa shape index (κ2) is 10.8. The number of ether oxygens (including phenoxy) is 1. The van der Waals surface area contributed by atoms with Crippen LogP contribution in [-0.4, -0.2) is 43.5 Å². The monoisotopic (exact) mass is 459 g/mol. The SMILES string of the molecule is CCN(CC)S(=O)(=O)c1ccc(OC(C)C)c(CC2CCCN(N)C2c2ccccc2)c1. The Bertz CT molecular complexity index is 975. The summed E-state index contributed by atoms with van der Waals surface area (Å²) >= 11 is 0. The molecule has 2 unspecified atom stereocenters. The molecule has 0 radical (unpaired) electrons. The van der Waals surface area contributed by atoms with Crippen molar-refractivity contribution in [1.29, 1.82) is 0 Å². The molecule has 0 saturated carbocycles. The highest BCUT2D eigenvalue weighted by atomic mass is 32.2. The van der Waals surface area contributed by atoms with Crippen molar-refractivity contribution in [3.8, 4) is 5.75 Å². The van der Waals surface area contributed by atoms with Crippen LogP contribution in [0.15, 0.2) is 53.4 Å². The molecule has 2 atom stereocenters. The van der Waals surface area contributed by atoms with Gasteiger partial charge >= 0.3 is 0 Å². The molecule has 0 spiro atoms. The Morgan fingerprint density at radius 1 is 1.12 bits per heavy atom. The standard InChI is InChI=1S/C25H37N3O3S/c1-5-27(6-2)32(29,30)23-14-15-24(31-19(3)4)22(18-23)17-21-13-10-16-28(26)25(21)20-11-8-7-9-12-20/h7-9,11-12,14-15,18-19,21,25H,5-6,10,13,16-17,26H2,1-4H3. The summed E-state index contributed by atoms with van der Waals surface area (Å²) in [5, 5.41) is 1.93. The molecular formula is C25H37N3O3S. The molecule has 176 valence electrons. The van der Waals surface area contributed by atoms with E-state index < -0.39 is 10.0 Å². The molecule has 0 aromatic heterocycles. The van der Waals surface area contributed by atoms with E-state index in [4.69, 9.17) is 10.6 Å². The summed E-state index contributed by atoms with van der Waals surface area (Å²) < 4.78 is 33.9. The number of hydrazine groups is 1. The van der Waals surface area contributed by atoms with Gasteiger partial charge in [0, 0.05) is 19.6 Å². The molecule has 7 heteroatoms. The number of hydrogen-bond donors (Lipinski definition) is 1. The van der Waals surface area contributed by atoms with Crippen molar-refractivity contribution in [3.63, 3.8) is 0 Å². The molecule has 1 aliphatic rings. The van der Waals surface area contributed by atoms with Gasteiger partial charge in [0.1, 0.15) is 5.75 Å². The molecule has 2 N–H and O–H groups in total. The lowest BCUT2D eigenvalue weighted by atomic mass is 9.81. The maximum Gasteiger partial charge on any atom is 0.243 e. The van der Waals surface area contributed by atoms with E-state index in [1.165, 1.54) is 9.87 Å². The van der Waals surface area contributed by atoms with Crippen LogP contribution < -0.4 is 10.6 Å². The third kappa shape index (κ3) is 5.52. The Morgan fingerprint density at radius 2 is 1.81 bits per heavy atom. The highest BCUT2D eigenvalue weighted by Crippen LogP contribution is 2.38. The highest BCUT2D eigenvalue weighted by molar-refractivity contribution is 7.89. The van der Waals surface area contributed by atoms with Crippen molar-refractivity contribution in [2.75, 3.05) is 19.6 Å². The average Bonchev–Trinajstić information content (AvgIpc) is 2.76. The van der Waals surface area contributed by atoms with Gasteiger partial charge in [-0.2, -0.15) is 4.31 Å². The van der Waals surface area contributed by atoms with E-state index in [1.807, 2.05) is 63.0 Å². The zero-order chi connectivity index (χ0) is 23.3. The summed E-state index contributed by atoms with van der Waals surface area (Å²) in [6.45, 7) is 9.43. The summed E-state index contributed by atoms with van der Waals surface area (Å²) in [4.78, 5) is 0.323. The summed E-state index contributed by atoms with van der Waals surface area (Å²) in [5.74, 6) is 7.46. The molecule has 3 rings (SSSR count). The number of nitrogens with zero attached hydrogens (tertiary/aromatic N) is 2. The van der Waals surface area contributed by atoms with Crippen molar-refractivity contribution < 1.29 is 13.2 Å². The molecular weight excluding hydrogens is 422 g/mol. The van der Waals surface area contributed by atoms with E-state index in [2.05, 4.69) is 12.1 Å². The molecule has 1 saturated heterocycles. The van der Waals surface area contributed by atoms with Crippen LogP contribution in [0.5, 0.6) is 5.75 Å². The molecule has 2 aromatic rings. The Balaban J connectivity index is 2.00. The summed E-state index contributed by atoms with van der Waals surface area (Å²) in [6.07, 6.45) is 2.75. The van der Waals surface area contributed by atoms with Crippen LogP contribution in [0.2, 0.25) is 0 Å². The Hall–Kier alpha value is -1.93. The normalized spacial score (nSPS) is 20.1. The van der Waals surface area contributed by atoms with Crippen LogP contribution in [0.25, 0.3) is 0 Å². The third-order valence-electron chi connectivity index (χ3n) is 6.16. The largest absolute Gasteiger partial charge is 0.491 e. The van der Waals surface area contributed by atoms with Crippen molar-refractivity contribution in [3.05, 3.63) is 59.7 Å². The lowest BCUT2D eigenvalue weighted by molar-refractivity contribution is 0.0919. The maximum absolute atomic E-state index is 13.2. The first-order chi connectivity index (χ1) is 15.3. The second-order valence-corrected chi connectivity index (χ2v) is 10.7. The summed E-state index contributed by atoms with van der Waals surface area (Å²) in [7, 11) is -3.54. The first-order valence-electron chi connectivity index (χ1n) is 11.6. The van der Waals surface area contributed by atoms with E-state index in [-0.39, 0.29) is 18.1 Å². The number of hydrogen-bond acceptors (Lipinski definition) is 5. The molecule has 0 bridgehead atoms. The van der Waals surface area contributed by atoms with Crippen molar-refractivity contribution in [2.45, 2.75) is 64.0 Å². The van der Waals surface area contributed by atoms with Gasteiger partial charge in [0.05, 0.1) is 17.0 Å². The number of nitrogens with two attached hydrogens (primary N) is 1. The van der Waals surface area contributed by atoms with Crippen LogP contribution in [0, 0.1) is 5.92 Å². The number of benzene rings is 2. The highest BCUT2D eigenvalue weighted by Gasteiger charge is 2.32. The summed E-state index contributed by atoms with van der Waals surface area (Å²) in [6, 6.07) is 15.7.